The first kappa shape index (κ1) is 12.3. The van der Waals surface area contributed by atoms with Gasteiger partial charge >= 0.3 is 0 Å². The van der Waals surface area contributed by atoms with E-state index in [1.807, 2.05) is 6.07 Å². The third-order valence-electron chi connectivity index (χ3n) is 2.18. The van der Waals surface area contributed by atoms with Crippen LogP contribution in [-0.2, 0) is 0 Å². The molecular weight excluding hydrogens is 252 g/mol. The predicted molar refractivity (Wildman–Crippen MR) is 66.8 cm³/mol. The predicted octanol–water partition coefficient (Wildman–Crippen LogP) is 2.95. The average molecular weight is 260 g/mol. The summed E-state index contributed by atoms with van der Waals surface area (Å²) in [7, 11) is 0. The number of benzene rings is 1. The van der Waals surface area contributed by atoms with Gasteiger partial charge in [-0.3, -0.25) is 14.9 Å². The molecule has 0 radical (unpaired) electrons. The van der Waals surface area contributed by atoms with Gasteiger partial charge in [0.15, 0.2) is 6.29 Å². The monoisotopic (exact) mass is 260 g/mol. The molecule has 0 saturated carbocycles. The highest BCUT2D eigenvalue weighted by Crippen LogP contribution is 2.30. The zero-order valence-electron chi connectivity index (χ0n) is 9.15. The quantitative estimate of drug-likeness (QED) is 0.480. The van der Waals surface area contributed by atoms with E-state index in [0.29, 0.717) is 16.7 Å². The zero-order valence-corrected chi connectivity index (χ0v) is 9.96. The van der Waals surface area contributed by atoms with E-state index in [2.05, 4.69) is 4.98 Å². The molecule has 0 aliphatic rings. The average Bonchev–Trinajstić information content (AvgIpc) is 2.40. The van der Waals surface area contributed by atoms with Crippen molar-refractivity contribution in [2.45, 2.75) is 9.92 Å². The normalized spacial score (nSPS) is 10.0. The Hall–Kier alpha value is -2.21. The van der Waals surface area contributed by atoms with Gasteiger partial charge in [0.05, 0.1) is 4.92 Å². The molecule has 0 bridgehead atoms. The molecule has 0 N–H and O–H groups in total. The number of nitro benzene ring substituents is 1. The molecule has 0 atom stereocenters. The highest BCUT2D eigenvalue weighted by atomic mass is 32.2. The Kier molecular flexibility index (Phi) is 3.69. The summed E-state index contributed by atoms with van der Waals surface area (Å²) in [6, 6.07) is 9.63. The molecule has 0 unspecified atom stereocenters. The zero-order chi connectivity index (χ0) is 13.0. The molecule has 0 amide bonds. The number of hydrogen-bond acceptors (Lipinski definition) is 5. The lowest BCUT2D eigenvalue weighted by Gasteiger charge is -2.03. The number of rotatable bonds is 4. The van der Waals surface area contributed by atoms with Crippen molar-refractivity contribution in [3.05, 3.63) is 58.3 Å². The molecule has 90 valence electrons. The first-order valence-electron chi connectivity index (χ1n) is 5.03. The maximum absolute atomic E-state index is 10.9. The van der Waals surface area contributed by atoms with E-state index in [-0.39, 0.29) is 5.69 Å². The van der Waals surface area contributed by atoms with Crippen molar-refractivity contribution in [2.24, 2.45) is 0 Å². The summed E-state index contributed by atoms with van der Waals surface area (Å²) in [5.41, 5.74) is 0.197. The molecule has 2 rings (SSSR count). The minimum absolute atomic E-state index is 0.0949. The van der Waals surface area contributed by atoms with E-state index in [1.165, 1.54) is 23.9 Å². The molecule has 0 fully saturated rings. The van der Waals surface area contributed by atoms with E-state index in [0.717, 1.165) is 5.03 Å². The minimum Gasteiger partial charge on any atom is -0.298 e. The van der Waals surface area contributed by atoms with Crippen molar-refractivity contribution in [3.8, 4) is 0 Å². The first-order chi connectivity index (χ1) is 8.70. The smallest absolute Gasteiger partial charge is 0.270 e. The van der Waals surface area contributed by atoms with Crippen molar-refractivity contribution >= 4 is 23.7 Å². The van der Waals surface area contributed by atoms with Crippen molar-refractivity contribution in [1.29, 1.82) is 0 Å². The Balaban J connectivity index is 2.34. The largest absolute Gasteiger partial charge is 0.298 e. The number of carbonyl (C=O) groups excluding carboxylic acids is 1. The van der Waals surface area contributed by atoms with E-state index >= 15 is 0 Å². The Labute approximate surface area is 107 Å². The van der Waals surface area contributed by atoms with Crippen LogP contribution in [0.5, 0.6) is 0 Å². The fourth-order valence-corrected chi connectivity index (χ4v) is 2.20. The summed E-state index contributed by atoms with van der Waals surface area (Å²) in [5.74, 6) is 0. The Morgan fingerprint density at radius 1 is 1.28 bits per heavy atom. The van der Waals surface area contributed by atoms with Crippen molar-refractivity contribution in [3.63, 3.8) is 0 Å². The van der Waals surface area contributed by atoms with Crippen molar-refractivity contribution < 1.29 is 9.72 Å². The van der Waals surface area contributed by atoms with Crippen LogP contribution in [0.3, 0.4) is 0 Å². The fourth-order valence-electron chi connectivity index (χ4n) is 1.35. The van der Waals surface area contributed by atoms with Crippen LogP contribution in [-0.4, -0.2) is 16.2 Å². The van der Waals surface area contributed by atoms with Gasteiger partial charge < -0.3 is 0 Å². The lowest BCUT2D eigenvalue weighted by atomic mass is 10.2. The molecule has 1 aromatic carbocycles. The molecule has 0 spiro atoms. The Morgan fingerprint density at radius 2 is 2.11 bits per heavy atom. The first-order valence-corrected chi connectivity index (χ1v) is 5.85. The summed E-state index contributed by atoms with van der Waals surface area (Å²) in [4.78, 5) is 25.8. The van der Waals surface area contributed by atoms with Crippen LogP contribution >= 0.6 is 11.8 Å². The fraction of sp³-hybridized carbons (Fsp3) is 0. The Morgan fingerprint density at radius 3 is 2.72 bits per heavy atom. The SMILES string of the molecule is O=Cc1cc([N+](=O)[O-])ccc1Sc1ccccn1. The number of carbonyl (C=O) groups is 1. The van der Waals surface area contributed by atoms with E-state index in [4.69, 9.17) is 0 Å². The van der Waals surface area contributed by atoms with Crippen LogP contribution in [0, 0.1) is 10.1 Å². The molecule has 2 aromatic rings. The highest BCUT2D eigenvalue weighted by Gasteiger charge is 2.11. The third kappa shape index (κ3) is 2.72. The molecule has 6 heteroatoms. The molecule has 0 aliphatic heterocycles. The molecule has 1 heterocycles. The van der Waals surface area contributed by atoms with Crippen LogP contribution in [0.2, 0.25) is 0 Å². The van der Waals surface area contributed by atoms with Gasteiger partial charge in [0.2, 0.25) is 0 Å². The van der Waals surface area contributed by atoms with Crippen LogP contribution < -0.4 is 0 Å². The second-order valence-electron chi connectivity index (χ2n) is 3.37. The molecule has 5 nitrogen and oxygen atoms in total. The van der Waals surface area contributed by atoms with Gasteiger partial charge in [-0.25, -0.2) is 4.98 Å². The summed E-state index contributed by atoms with van der Waals surface area (Å²) in [6.07, 6.45) is 2.26. The maximum Gasteiger partial charge on any atom is 0.270 e. The van der Waals surface area contributed by atoms with Crippen LogP contribution in [0.15, 0.2) is 52.5 Å². The molecule has 1 aromatic heterocycles. The van der Waals surface area contributed by atoms with Crippen LogP contribution in [0.4, 0.5) is 5.69 Å². The highest BCUT2D eigenvalue weighted by molar-refractivity contribution is 7.99. The van der Waals surface area contributed by atoms with E-state index in [1.54, 1.807) is 24.4 Å². The van der Waals surface area contributed by atoms with Gasteiger partial charge in [0.25, 0.3) is 5.69 Å². The van der Waals surface area contributed by atoms with Gasteiger partial charge in [0, 0.05) is 28.8 Å². The number of hydrogen-bond donors (Lipinski definition) is 0. The van der Waals surface area contributed by atoms with Gasteiger partial charge in [-0.1, -0.05) is 17.8 Å². The summed E-state index contributed by atoms with van der Waals surface area (Å²) >= 11 is 1.29. The minimum atomic E-state index is -0.526. The number of aldehydes is 1. The molecular formula is C12H8N2O3S. The number of non-ortho nitro benzene ring substituents is 1. The number of nitro groups is 1. The maximum atomic E-state index is 10.9. The van der Waals surface area contributed by atoms with Crippen LogP contribution in [0.25, 0.3) is 0 Å². The van der Waals surface area contributed by atoms with Gasteiger partial charge in [-0.15, -0.1) is 0 Å². The number of nitrogens with zero attached hydrogens (tertiary/aromatic N) is 2. The van der Waals surface area contributed by atoms with Gasteiger partial charge in [-0.05, 0) is 18.2 Å². The lowest BCUT2D eigenvalue weighted by Crippen LogP contribution is -1.92. The van der Waals surface area contributed by atoms with Crippen molar-refractivity contribution in [1.82, 2.24) is 4.98 Å². The van der Waals surface area contributed by atoms with E-state index in [9.17, 15) is 14.9 Å². The summed E-state index contributed by atoms with van der Waals surface area (Å²) in [6.45, 7) is 0. The summed E-state index contributed by atoms with van der Waals surface area (Å²) in [5, 5.41) is 11.3. The summed E-state index contributed by atoms with van der Waals surface area (Å²) < 4.78 is 0. The number of pyridine rings is 1. The van der Waals surface area contributed by atoms with Crippen molar-refractivity contribution in [2.75, 3.05) is 0 Å². The molecule has 0 saturated heterocycles. The Bertz CT molecular complexity index is 587. The molecule has 18 heavy (non-hydrogen) atoms. The van der Waals surface area contributed by atoms with Gasteiger partial charge in [-0.2, -0.15) is 0 Å². The standard InChI is InChI=1S/C12H8N2O3S/c15-8-9-7-10(14(16)17)4-5-11(9)18-12-3-1-2-6-13-12/h1-8H. The third-order valence-corrected chi connectivity index (χ3v) is 3.23. The van der Waals surface area contributed by atoms with Crippen LogP contribution in [0.1, 0.15) is 10.4 Å². The number of aromatic nitrogens is 1. The second-order valence-corrected chi connectivity index (χ2v) is 4.43. The topological polar surface area (TPSA) is 73.1 Å². The molecule has 0 aliphatic carbocycles. The second kappa shape index (κ2) is 5.42. The lowest BCUT2D eigenvalue weighted by molar-refractivity contribution is -0.384. The van der Waals surface area contributed by atoms with Gasteiger partial charge in [0.1, 0.15) is 5.03 Å². The van der Waals surface area contributed by atoms with E-state index < -0.39 is 4.92 Å².